The van der Waals surface area contributed by atoms with E-state index in [1.807, 2.05) is 0 Å². The average Bonchev–Trinajstić information content (AvgIpc) is 2.35. The Bertz CT molecular complexity index is 583. The Morgan fingerprint density at radius 1 is 0.692 bits per heavy atom. The number of sulfonamides is 1. The lowest BCUT2D eigenvalue weighted by molar-refractivity contribution is -0.433. The number of primary sulfonamides is 1. The van der Waals surface area contributed by atoms with Crippen molar-refractivity contribution >= 4 is 10.0 Å². The van der Waals surface area contributed by atoms with Crippen LogP contribution < -0.4 is 5.14 Å². The zero-order valence-electron chi connectivity index (χ0n) is 11.9. The molecule has 0 unspecified atom stereocenters. The predicted molar refractivity (Wildman–Crippen MR) is 56.7 cm³/mol. The van der Waals surface area contributed by atoms with Gasteiger partial charge in [0.15, 0.2) is 0 Å². The van der Waals surface area contributed by atoms with Crippen molar-refractivity contribution < 1.29 is 70.6 Å². The summed E-state index contributed by atoms with van der Waals surface area (Å²) in [6.45, 7) is 1.93. The Labute approximate surface area is 135 Å². The Morgan fingerprint density at radius 2 is 0.923 bits per heavy atom. The van der Waals surface area contributed by atoms with Crippen LogP contribution in [0.15, 0.2) is 0 Å². The maximum absolute atomic E-state index is 12.8. The van der Waals surface area contributed by atoms with Crippen LogP contribution in [0.5, 0.6) is 0 Å². The van der Waals surface area contributed by atoms with Crippen molar-refractivity contribution in [3.63, 3.8) is 0 Å². The van der Waals surface area contributed by atoms with E-state index in [1.54, 1.807) is 6.92 Å². The summed E-state index contributed by atoms with van der Waals surface area (Å²) >= 11 is 0. The van der Waals surface area contributed by atoms with E-state index < -0.39 is 45.1 Å². The van der Waals surface area contributed by atoms with Gasteiger partial charge in [0.1, 0.15) is 0 Å². The van der Waals surface area contributed by atoms with E-state index in [2.05, 4.69) is 5.14 Å². The fourth-order valence-electron chi connectivity index (χ4n) is 0.934. The monoisotopic (exact) mass is 445 g/mol. The number of aliphatic hydroxyl groups excluding tert-OH is 1. The number of halogens is 13. The van der Waals surface area contributed by atoms with Crippen molar-refractivity contribution in [3.05, 3.63) is 0 Å². The van der Waals surface area contributed by atoms with Crippen LogP contribution in [0.25, 0.3) is 0 Å². The summed E-state index contributed by atoms with van der Waals surface area (Å²) in [5.74, 6) is -32.2. The molecule has 0 aromatic heterocycles. The summed E-state index contributed by atoms with van der Waals surface area (Å²) in [4.78, 5) is 0. The van der Waals surface area contributed by atoms with E-state index >= 15 is 0 Å². The first-order valence-corrected chi connectivity index (χ1v) is 7.05. The lowest BCUT2D eigenvalue weighted by atomic mass is 9.98. The molecule has 0 spiro atoms. The van der Waals surface area contributed by atoms with Crippen molar-refractivity contribution in [1.82, 2.24) is 0 Å². The molecule has 0 aliphatic carbocycles. The molecule has 4 nitrogen and oxygen atoms in total. The second-order valence-corrected chi connectivity index (χ2v) is 5.78. The van der Waals surface area contributed by atoms with Crippen LogP contribution in [-0.4, -0.2) is 55.3 Å². The molecule has 26 heavy (non-hydrogen) atoms. The molecule has 0 bridgehead atoms. The minimum atomic E-state index is -8.17. The molecule has 0 fully saturated rings. The number of rotatable bonds is 5. The largest absolute Gasteiger partial charge is 0.460 e. The Balaban J connectivity index is 0. The van der Waals surface area contributed by atoms with Crippen molar-refractivity contribution in [1.29, 1.82) is 0 Å². The highest BCUT2D eigenvalue weighted by molar-refractivity contribution is 7.90. The van der Waals surface area contributed by atoms with Crippen LogP contribution in [0, 0.1) is 0 Å². The van der Waals surface area contributed by atoms with Gasteiger partial charge in [-0.3, -0.25) is 0 Å². The van der Waals surface area contributed by atoms with Crippen LogP contribution >= 0.6 is 0 Å². The van der Waals surface area contributed by atoms with Gasteiger partial charge in [-0.2, -0.15) is 57.1 Å². The second-order valence-electron chi connectivity index (χ2n) is 4.17. The predicted octanol–water partition coefficient (Wildman–Crippen LogP) is 2.97. The summed E-state index contributed by atoms with van der Waals surface area (Å²) < 4.78 is 181. The van der Waals surface area contributed by atoms with E-state index in [-0.39, 0.29) is 6.61 Å². The molecule has 0 aromatic rings. The highest BCUT2D eigenvalue weighted by Gasteiger charge is 2.92. The van der Waals surface area contributed by atoms with Gasteiger partial charge in [-0.05, 0) is 6.92 Å². The summed E-state index contributed by atoms with van der Waals surface area (Å²) in [5, 5.41) is 3.66. The first-order valence-electron chi connectivity index (χ1n) is 5.50. The van der Waals surface area contributed by atoms with Gasteiger partial charge in [-0.15, -0.1) is 0 Å². The highest BCUT2D eigenvalue weighted by atomic mass is 32.2. The SMILES string of the molecule is CCO.NS(=O)(=O)C(F)(F)C(F)(F)C(F)(F)C(F)(F)C(F)(F)C(F)(F)F. The summed E-state index contributed by atoms with van der Waals surface area (Å²) in [7, 11) is -7.11. The van der Waals surface area contributed by atoms with Crippen LogP contribution in [-0.2, 0) is 10.0 Å². The van der Waals surface area contributed by atoms with Crippen molar-refractivity contribution in [2.45, 2.75) is 42.0 Å². The molecular formula is C8H8F13NO3S. The number of alkyl halides is 13. The maximum Gasteiger partial charge on any atom is 0.460 e. The van der Waals surface area contributed by atoms with Gasteiger partial charge in [-0.1, -0.05) is 0 Å². The van der Waals surface area contributed by atoms with Crippen molar-refractivity contribution in [3.8, 4) is 0 Å². The molecule has 0 rings (SSSR count). The third kappa shape index (κ3) is 3.95. The van der Waals surface area contributed by atoms with E-state index in [0.717, 1.165) is 0 Å². The van der Waals surface area contributed by atoms with Crippen molar-refractivity contribution in [2.75, 3.05) is 6.61 Å². The number of hydrogen-bond donors (Lipinski definition) is 2. The summed E-state index contributed by atoms with van der Waals surface area (Å²) in [5.41, 5.74) is 0. The molecule has 0 heterocycles. The first-order chi connectivity index (χ1) is 10.9. The maximum atomic E-state index is 12.8. The van der Waals surface area contributed by atoms with Gasteiger partial charge in [0.05, 0.1) is 0 Å². The quantitative estimate of drug-likeness (QED) is 0.639. The molecule has 0 saturated heterocycles. The van der Waals surface area contributed by atoms with Gasteiger partial charge in [0, 0.05) is 6.61 Å². The summed E-state index contributed by atoms with van der Waals surface area (Å²) in [6.07, 6.45) is -7.56. The molecule has 160 valence electrons. The highest BCUT2D eigenvalue weighted by Crippen LogP contribution is 2.60. The smallest absolute Gasteiger partial charge is 0.397 e. The third-order valence-corrected chi connectivity index (χ3v) is 3.23. The van der Waals surface area contributed by atoms with Gasteiger partial charge in [0.25, 0.3) is 10.0 Å². The van der Waals surface area contributed by atoms with Gasteiger partial charge < -0.3 is 5.11 Å². The molecule has 18 heteroatoms. The molecular weight excluding hydrogens is 437 g/mol. The molecule has 3 N–H and O–H groups in total. The van der Waals surface area contributed by atoms with Crippen LogP contribution in [0.1, 0.15) is 6.92 Å². The zero-order chi connectivity index (χ0) is 22.2. The molecule has 0 atom stereocenters. The second kappa shape index (κ2) is 7.17. The average molecular weight is 445 g/mol. The normalized spacial score (nSPS) is 15.4. The Kier molecular flexibility index (Phi) is 7.50. The lowest BCUT2D eigenvalue weighted by Crippen LogP contribution is -2.71. The minimum absolute atomic E-state index is 0.250. The molecule has 0 amide bonds. The van der Waals surface area contributed by atoms with Crippen molar-refractivity contribution in [2.24, 2.45) is 5.14 Å². The van der Waals surface area contributed by atoms with E-state index in [4.69, 9.17) is 5.11 Å². The lowest BCUT2D eigenvalue weighted by Gasteiger charge is -2.38. The Hall–Kier alpha value is -1.04. The number of aliphatic hydroxyl groups is 1. The Morgan fingerprint density at radius 3 is 1.12 bits per heavy atom. The zero-order valence-corrected chi connectivity index (χ0v) is 12.7. The topological polar surface area (TPSA) is 80.4 Å². The molecule has 0 radical (unpaired) electrons. The number of hydrogen-bond acceptors (Lipinski definition) is 3. The van der Waals surface area contributed by atoms with Crippen LogP contribution in [0.3, 0.4) is 0 Å². The van der Waals surface area contributed by atoms with Crippen LogP contribution in [0.2, 0.25) is 0 Å². The van der Waals surface area contributed by atoms with Gasteiger partial charge in [0.2, 0.25) is 0 Å². The molecule has 0 aliphatic rings. The first kappa shape index (κ1) is 27.2. The van der Waals surface area contributed by atoms with Gasteiger partial charge in [-0.25, -0.2) is 13.6 Å². The molecule has 0 saturated carbocycles. The standard InChI is InChI=1S/C6H2F13NO2S.C2H6O/c7-1(8,3(11,12)5(15,16)17)2(9,10)4(13,14)6(18,19)23(20,21)22;1-2-3/h(H2,20,21,22);3H,2H2,1H3. The number of nitrogens with two attached hydrogens (primary N) is 1. The van der Waals surface area contributed by atoms with E-state index in [1.165, 1.54) is 0 Å². The fourth-order valence-corrected chi connectivity index (χ4v) is 1.42. The van der Waals surface area contributed by atoms with Crippen LogP contribution in [0.4, 0.5) is 57.1 Å². The fraction of sp³-hybridized carbons (Fsp3) is 1.00. The third-order valence-electron chi connectivity index (χ3n) is 2.26. The van der Waals surface area contributed by atoms with Gasteiger partial charge >= 0.3 is 35.1 Å². The molecule has 0 aliphatic heterocycles. The van der Waals surface area contributed by atoms with E-state index in [9.17, 15) is 65.5 Å². The summed E-state index contributed by atoms with van der Waals surface area (Å²) in [6, 6.07) is 0. The minimum Gasteiger partial charge on any atom is -0.397 e. The molecule has 0 aromatic carbocycles. The van der Waals surface area contributed by atoms with E-state index in [0.29, 0.717) is 0 Å².